The zero-order valence-corrected chi connectivity index (χ0v) is 11.3. The van der Waals surface area contributed by atoms with Crippen molar-refractivity contribution in [3.8, 4) is 0 Å². The summed E-state index contributed by atoms with van der Waals surface area (Å²) >= 11 is 0. The molecule has 0 aliphatic rings. The molecular formula is C10H21NO4S. The van der Waals surface area contributed by atoms with E-state index in [2.05, 4.69) is 0 Å². The van der Waals surface area contributed by atoms with E-state index in [1.54, 1.807) is 20.8 Å². The van der Waals surface area contributed by atoms with Gasteiger partial charge < -0.3 is 5.11 Å². The van der Waals surface area contributed by atoms with Gasteiger partial charge in [-0.3, -0.25) is 4.79 Å². The van der Waals surface area contributed by atoms with Crippen LogP contribution in [0.5, 0.6) is 0 Å². The van der Waals surface area contributed by atoms with Crippen LogP contribution in [0.25, 0.3) is 0 Å². The van der Waals surface area contributed by atoms with Crippen LogP contribution in [0.2, 0.25) is 0 Å². The van der Waals surface area contributed by atoms with Crippen LogP contribution in [0.15, 0.2) is 0 Å². The molecule has 16 heavy (non-hydrogen) atoms. The molecule has 0 heterocycles. The SMILES string of the molecule is CCN(C(C)(C)C(=O)O)S(=O)(=O)CC(C)C. The van der Waals surface area contributed by atoms with Crippen molar-refractivity contribution in [1.82, 2.24) is 4.31 Å². The smallest absolute Gasteiger partial charge is 0.324 e. The standard InChI is InChI=1S/C10H21NO4S/c1-6-11(10(4,5)9(12)13)16(14,15)7-8(2)3/h8H,6-7H2,1-5H3,(H,12,13). The molecule has 96 valence electrons. The predicted molar refractivity (Wildman–Crippen MR) is 62.7 cm³/mol. The maximum Gasteiger partial charge on any atom is 0.324 e. The molecule has 0 aromatic heterocycles. The molecule has 5 nitrogen and oxygen atoms in total. The van der Waals surface area contributed by atoms with E-state index in [1.165, 1.54) is 13.8 Å². The molecule has 1 N–H and O–H groups in total. The maximum atomic E-state index is 12.0. The second-order valence-corrected chi connectivity index (χ2v) is 6.64. The summed E-state index contributed by atoms with van der Waals surface area (Å²) < 4.78 is 25.0. The van der Waals surface area contributed by atoms with Gasteiger partial charge in [0.1, 0.15) is 5.54 Å². The molecule has 0 bridgehead atoms. The van der Waals surface area contributed by atoms with Gasteiger partial charge in [0.2, 0.25) is 10.0 Å². The average Bonchev–Trinajstić information content (AvgIpc) is 2.00. The van der Waals surface area contributed by atoms with E-state index in [0.717, 1.165) is 4.31 Å². The number of sulfonamides is 1. The summed E-state index contributed by atoms with van der Waals surface area (Å²) in [6.07, 6.45) is 0. The lowest BCUT2D eigenvalue weighted by Gasteiger charge is -2.33. The lowest BCUT2D eigenvalue weighted by molar-refractivity contribution is -0.146. The Kier molecular flexibility index (Phi) is 4.94. The molecule has 0 rings (SSSR count). The Hall–Kier alpha value is -0.620. The van der Waals surface area contributed by atoms with Gasteiger partial charge in [0.05, 0.1) is 5.75 Å². The fraction of sp³-hybridized carbons (Fsp3) is 0.900. The van der Waals surface area contributed by atoms with Crippen molar-refractivity contribution in [1.29, 1.82) is 0 Å². The van der Waals surface area contributed by atoms with Crippen LogP contribution in [0.1, 0.15) is 34.6 Å². The Labute approximate surface area is 97.5 Å². The molecule has 0 saturated carbocycles. The second-order valence-electron chi connectivity index (χ2n) is 4.70. The Morgan fingerprint density at radius 1 is 1.38 bits per heavy atom. The van der Waals surface area contributed by atoms with Crippen LogP contribution in [0.4, 0.5) is 0 Å². The number of carboxylic acid groups (broad SMARTS) is 1. The third-order valence-electron chi connectivity index (χ3n) is 2.31. The Morgan fingerprint density at radius 2 is 1.81 bits per heavy atom. The summed E-state index contributed by atoms with van der Waals surface area (Å²) in [6.45, 7) is 8.18. The molecule has 0 spiro atoms. The zero-order valence-electron chi connectivity index (χ0n) is 10.5. The first kappa shape index (κ1) is 15.4. The first-order valence-corrected chi connectivity index (χ1v) is 6.90. The number of nitrogens with zero attached hydrogens (tertiary/aromatic N) is 1. The van der Waals surface area contributed by atoms with Crippen LogP contribution in [-0.2, 0) is 14.8 Å². The molecule has 0 aliphatic heterocycles. The first-order chi connectivity index (χ1) is 7.05. The van der Waals surface area contributed by atoms with Gasteiger partial charge in [-0.2, -0.15) is 4.31 Å². The van der Waals surface area contributed by atoms with Gasteiger partial charge in [0.15, 0.2) is 0 Å². The molecule has 0 amide bonds. The molecular weight excluding hydrogens is 230 g/mol. The van der Waals surface area contributed by atoms with E-state index >= 15 is 0 Å². The summed E-state index contributed by atoms with van der Waals surface area (Å²) in [5.74, 6) is -1.19. The lowest BCUT2D eigenvalue weighted by Crippen LogP contribution is -2.53. The minimum Gasteiger partial charge on any atom is -0.480 e. The minimum atomic E-state index is -3.52. The van der Waals surface area contributed by atoms with Crippen molar-refractivity contribution in [2.24, 2.45) is 5.92 Å². The largest absolute Gasteiger partial charge is 0.480 e. The summed E-state index contributed by atoms with van der Waals surface area (Å²) in [5, 5.41) is 9.03. The Balaban J connectivity index is 5.23. The molecule has 0 saturated heterocycles. The summed E-state index contributed by atoms with van der Waals surface area (Å²) in [4.78, 5) is 11.0. The van der Waals surface area contributed by atoms with E-state index in [9.17, 15) is 13.2 Å². The summed E-state index contributed by atoms with van der Waals surface area (Å²) in [6, 6.07) is 0. The number of carbonyl (C=O) groups is 1. The Bertz CT molecular complexity index is 346. The van der Waals surface area contributed by atoms with Gasteiger partial charge in [0, 0.05) is 6.54 Å². The normalized spacial score (nSPS) is 13.4. The molecule has 6 heteroatoms. The number of carboxylic acids is 1. The third-order valence-corrected chi connectivity index (χ3v) is 4.79. The highest BCUT2D eigenvalue weighted by atomic mass is 32.2. The zero-order chi connectivity index (χ0) is 13.1. The number of aliphatic carboxylic acids is 1. The number of likely N-dealkylation sites (N-methyl/N-ethyl adjacent to an activating group) is 1. The van der Waals surface area contributed by atoms with Crippen molar-refractivity contribution in [3.63, 3.8) is 0 Å². The van der Waals surface area contributed by atoms with Crippen LogP contribution < -0.4 is 0 Å². The molecule has 0 fully saturated rings. The topological polar surface area (TPSA) is 74.7 Å². The molecule has 0 radical (unpaired) electrons. The van der Waals surface area contributed by atoms with E-state index in [0.29, 0.717) is 0 Å². The predicted octanol–water partition coefficient (Wildman–Crippen LogP) is 1.16. The van der Waals surface area contributed by atoms with Gasteiger partial charge in [-0.25, -0.2) is 8.42 Å². The quantitative estimate of drug-likeness (QED) is 0.768. The summed E-state index contributed by atoms with van der Waals surface area (Å²) in [5.41, 5.74) is -1.40. The number of hydrogen-bond donors (Lipinski definition) is 1. The van der Waals surface area contributed by atoms with Crippen LogP contribution >= 0.6 is 0 Å². The number of rotatable bonds is 6. The van der Waals surface area contributed by atoms with Crippen molar-refractivity contribution in [3.05, 3.63) is 0 Å². The van der Waals surface area contributed by atoms with Crippen LogP contribution in [0.3, 0.4) is 0 Å². The molecule has 0 aromatic carbocycles. The van der Waals surface area contributed by atoms with Gasteiger partial charge in [-0.05, 0) is 19.8 Å². The first-order valence-electron chi connectivity index (χ1n) is 5.29. The van der Waals surface area contributed by atoms with Crippen molar-refractivity contribution in [2.75, 3.05) is 12.3 Å². The average molecular weight is 251 g/mol. The third kappa shape index (κ3) is 3.45. The van der Waals surface area contributed by atoms with Crippen molar-refractivity contribution in [2.45, 2.75) is 40.2 Å². The second kappa shape index (κ2) is 5.14. The highest BCUT2D eigenvalue weighted by Crippen LogP contribution is 2.20. The van der Waals surface area contributed by atoms with E-state index < -0.39 is 21.5 Å². The highest BCUT2D eigenvalue weighted by Gasteiger charge is 2.40. The highest BCUT2D eigenvalue weighted by molar-refractivity contribution is 7.89. The van der Waals surface area contributed by atoms with E-state index in [1.807, 2.05) is 0 Å². The van der Waals surface area contributed by atoms with Crippen molar-refractivity contribution >= 4 is 16.0 Å². The molecule has 0 unspecified atom stereocenters. The number of hydrogen-bond acceptors (Lipinski definition) is 3. The van der Waals surface area contributed by atoms with Crippen molar-refractivity contribution < 1.29 is 18.3 Å². The van der Waals surface area contributed by atoms with Gasteiger partial charge >= 0.3 is 5.97 Å². The molecule has 0 aliphatic carbocycles. The lowest BCUT2D eigenvalue weighted by atomic mass is 10.1. The van der Waals surface area contributed by atoms with E-state index in [4.69, 9.17) is 5.11 Å². The van der Waals surface area contributed by atoms with Crippen LogP contribution in [-0.4, -0.2) is 41.6 Å². The van der Waals surface area contributed by atoms with Gasteiger partial charge in [-0.15, -0.1) is 0 Å². The molecule has 0 aromatic rings. The fourth-order valence-electron chi connectivity index (χ4n) is 1.56. The maximum absolute atomic E-state index is 12.0. The minimum absolute atomic E-state index is 0.0244. The summed E-state index contributed by atoms with van der Waals surface area (Å²) in [7, 11) is -3.52. The fourth-order valence-corrected chi connectivity index (χ4v) is 3.75. The monoisotopic (exact) mass is 251 g/mol. The molecule has 0 atom stereocenters. The van der Waals surface area contributed by atoms with Crippen LogP contribution in [0, 0.1) is 5.92 Å². The van der Waals surface area contributed by atoms with Gasteiger partial charge in [0.25, 0.3) is 0 Å². The Morgan fingerprint density at radius 3 is 2.06 bits per heavy atom. The van der Waals surface area contributed by atoms with E-state index in [-0.39, 0.29) is 18.2 Å². The van der Waals surface area contributed by atoms with Gasteiger partial charge in [-0.1, -0.05) is 20.8 Å².